The van der Waals surface area contributed by atoms with E-state index in [-0.39, 0.29) is 6.10 Å². The number of pyridine rings is 2. The third-order valence-electron chi connectivity index (χ3n) is 5.16. The smallest absolute Gasteiger partial charge is 0.138 e. The van der Waals surface area contributed by atoms with Crippen molar-refractivity contribution in [2.75, 3.05) is 0 Å². The first-order valence-electron chi connectivity index (χ1n) is 9.08. The molecule has 2 N–H and O–H groups in total. The van der Waals surface area contributed by atoms with Crippen molar-refractivity contribution in [1.29, 1.82) is 0 Å². The molecule has 1 aliphatic carbocycles. The van der Waals surface area contributed by atoms with Crippen LogP contribution >= 0.6 is 11.6 Å². The number of benzene rings is 1. The normalized spacial score (nSPS) is 20.2. The average molecular weight is 368 g/mol. The minimum absolute atomic E-state index is 0.195. The molecule has 5 heteroatoms. The Hall–Kier alpha value is -2.17. The average Bonchev–Trinajstić information content (AvgIpc) is 2.69. The molecule has 0 aliphatic heterocycles. The Bertz CT molecular complexity index is 907. The summed E-state index contributed by atoms with van der Waals surface area (Å²) in [6.45, 7) is 0.559. The summed E-state index contributed by atoms with van der Waals surface area (Å²) < 4.78 is 6.23. The van der Waals surface area contributed by atoms with Crippen molar-refractivity contribution in [2.45, 2.75) is 44.2 Å². The monoisotopic (exact) mass is 367 g/mol. The Kier molecular flexibility index (Phi) is 5.05. The predicted molar refractivity (Wildman–Crippen MR) is 105 cm³/mol. The lowest BCUT2D eigenvalue weighted by Gasteiger charge is -2.29. The third kappa shape index (κ3) is 3.67. The minimum atomic E-state index is 0.195. The van der Waals surface area contributed by atoms with E-state index in [1.165, 1.54) is 0 Å². The van der Waals surface area contributed by atoms with Gasteiger partial charge in [0.15, 0.2) is 0 Å². The zero-order valence-electron chi connectivity index (χ0n) is 14.6. The molecule has 0 spiro atoms. The largest absolute Gasteiger partial charge is 0.489 e. The molecule has 0 unspecified atom stereocenters. The zero-order chi connectivity index (χ0) is 17.9. The lowest BCUT2D eigenvalue weighted by atomic mass is 9.84. The molecule has 1 saturated carbocycles. The Balaban J connectivity index is 1.43. The van der Waals surface area contributed by atoms with E-state index in [1.54, 1.807) is 6.20 Å². The molecule has 2 aromatic heterocycles. The van der Waals surface area contributed by atoms with Gasteiger partial charge >= 0.3 is 0 Å². The first-order chi connectivity index (χ1) is 12.7. The Morgan fingerprint density at radius 1 is 1.04 bits per heavy atom. The highest BCUT2D eigenvalue weighted by Gasteiger charge is 2.25. The van der Waals surface area contributed by atoms with Gasteiger partial charge in [0.1, 0.15) is 5.75 Å². The van der Waals surface area contributed by atoms with E-state index in [9.17, 15) is 0 Å². The Labute approximate surface area is 158 Å². The van der Waals surface area contributed by atoms with Crippen LogP contribution in [-0.2, 0) is 6.54 Å². The number of hydrogen-bond donors (Lipinski definition) is 1. The van der Waals surface area contributed by atoms with Crippen LogP contribution in [0.5, 0.6) is 5.75 Å². The standard InChI is InChI=1S/C21H22ClN3O/c22-19-10-17-13-24-7-6-16(17)11-21(19)26-18-3-1-15(2-4-18)20-9-14(12-23)5-8-25-20/h5-11,13,15,18H,1-4,12,23H2. The van der Waals surface area contributed by atoms with Crippen LogP contribution in [0.4, 0.5) is 0 Å². The molecule has 0 bridgehead atoms. The highest BCUT2D eigenvalue weighted by molar-refractivity contribution is 6.32. The second-order valence-corrected chi connectivity index (χ2v) is 7.30. The molecule has 1 fully saturated rings. The molecule has 0 radical (unpaired) electrons. The molecule has 0 atom stereocenters. The maximum Gasteiger partial charge on any atom is 0.138 e. The highest BCUT2D eigenvalue weighted by atomic mass is 35.5. The summed E-state index contributed by atoms with van der Waals surface area (Å²) in [5, 5.41) is 2.76. The highest BCUT2D eigenvalue weighted by Crippen LogP contribution is 2.36. The quantitative estimate of drug-likeness (QED) is 0.716. The van der Waals surface area contributed by atoms with Gasteiger partial charge in [-0.1, -0.05) is 11.6 Å². The van der Waals surface area contributed by atoms with E-state index in [1.807, 2.05) is 36.7 Å². The van der Waals surface area contributed by atoms with Gasteiger partial charge in [-0.25, -0.2) is 0 Å². The van der Waals surface area contributed by atoms with Crippen LogP contribution in [0, 0.1) is 0 Å². The van der Waals surface area contributed by atoms with Gasteiger partial charge in [-0.05, 0) is 67.0 Å². The molecule has 134 valence electrons. The van der Waals surface area contributed by atoms with Gasteiger partial charge in [-0.3, -0.25) is 9.97 Å². The molecule has 1 aromatic carbocycles. The summed E-state index contributed by atoms with van der Waals surface area (Å²) in [5.41, 5.74) is 8.05. The maximum atomic E-state index is 6.41. The first kappa shape index (κ1) is 17.3. The lowest BCUT2D eigenvalue weighted by Crippen LogP contribution is -2.24. The first-order valence-corrected chi connectivity index (χ1v) is 9.45. The summed E-state index contributed by atoms with van der Waals surface area (Å²) in [7, 11) is 0. The fraction of sp³-hybridized carbons (Fsp3) is 0.333. The van der Waals surface area contributed by atoms with E-state index in [0.29, 0.717) is 17.5 Å². The van der Waals surface area contributed by atoms with Crippen LogP contribution in [-0.4, -0.2) is 16.1 Å². The van der Waals surface area contributed by atoms with E-state index in [4.69, 9.17) is 22.1 Å². The van der Waals surface area contributed by atoms with Gasteiger partial charge < -0.3 is 10.5 Å². The van der Waals surface area contributed by atoms with Gasteiger partial charge in [0, 0.05) is 42.1 Å². The molecule has 3 aromatic rings. The van der Waals surface area contributed by atoms with Gasteiger partial charge in [-0.2, -0.15) is 0 Å². The number of nitrogens with two attached hydrogens (primary N) is 1. The maximum absolute atomic E-state index is 6.41. The van der Waals surface area contributed by atoms with Crippen molar-refractivity contribution >= 4 is 22.4 Å². The van der Waals surface area contributed by atoms with Crippen molar-refractivity contribution < 1.29 is 4.74 Å². The van der Waals surface area contributed by atoms with Crippen molar-refractivity contribution in [1.82, 2.24) is 9.97 Å². The second kappa shape index (κ2) is 7.60. The molecule has 0 saturated heterocycles. The van der Waals surface area contributed by atoms with Crippen LogP contribution in [0.25, 0.3) is 10.8 Å². The summed E-state index contributed by atoms with van der Waals surface area (Å²) in [5.74, 6) is 1.25. The van der Waals surface area contributed by atoms with Crippen molar-refractivity contribution in [2.24, 2.45) is 5.73 Å². The molecular formula is C21H22ClN3O. The SMILES string of the molecule is NCc1ccnc(C2CCC(Oc3cc4ccncc4cc3Cl)CC2)c1. The van der Waals surface area contributed by atoms with E-state index >= 15 is 0 Å². The summed E-state index contributed by atoms with van der Waals surface area (Å²) in [4.78, 5) is 8.68. The molecule has 2 heterocycles. The van der Waals surface area contributed by atoms with Crippen LogP contribution in [0.1, 0.15) is 42.9 Å². The van der Waals surface area contributed by atoms with Crippen LogP contribution in [0.3, 0.4) is 0 Å². The topological polar surface area (TPSA) is 61.0 Å². The van der Waals surface area contributed by atoms with Crippen molar-refractivity contribution in [3.05, 3.63) is 65.2 Å². The molecule has 4 nitrogen and oxygen atoms in total. The Morgan fingerprint density at radius 3 is 2.69 bits per heavy atom. The van der Waals surface area contributed by atoms with Crippen LogP contribution < -0.4 is 10.5 Å². The fourth-order valence-corrected chi connectivity index (χ4v) is 3.89. The number of hydrogen-bond acceptors (Lipinski definition) is 4. The molecule has 0 amide bonds. The predicted octanol–water partition coefficient (Wildman–Crippen LogP) is 4.85. The van der Waals surface area contributed by atoms with E-state index in [0.717, 1.165) is 53.5 Å². The third-order valence-corrected chi connectivity index (χ3v) is 5.45. The Morgan fingerprint density at radius 2 is 1.88 bits per heavy atom. The van der Waals surface area contributed by atoms with Crippen LogP contribution in [0.15, 0.2) is 48.9 Å². The zero-order valence-corrected chi connectivity index (χ0v) is 15.3. The molecule has 26 heavy (non-hydrogen) atoms. The lowest BCUT2D eigenvalue weighted by molar-refractivity contribution is 0.146. The van der Waals surface area contributed by atoms with Gasteiger partial charge in [0.05, 0.1) is 11.1 Å². The van der Waals surface area contributed by atoms with E-state index in [2.05, 4.69) is 16.0 Å². The van der Waals surface area contributed by atoms with Gasteiger partial charge in [0.25, 0.3) is 0 Å². The molecular weight excluding hydrogens is 346 g/mol. The number of ether oxygens (including phenoxy) is 1. The van der Waals surface area contributed by atoms with Crippen molar-refractivity contribution in [3.63, 3.8) is 0 Å². The number of halogens is 1. The second-order valence-electron chi connectivity index (χ2n) is 6.89. The fourth-order valence-electron chi connectivity index (χ4n) is 3.68. The van der Waals surface area contributed by atoms with Gasteiger partial charge in [0.2, 0.25) is 0 Å². The summed E-state index contributed by atoms with van der Waals surface area (Å²) >= 11 is 6.41. The van der Waals surface area contributed by atoms with Gasteiger partial charge in [-0.15, -0.1) is 0 Å². The number of fused-ring (bicyclic) bond motifs is 1. The molecule has 4 rings (SSSR count). The van der Waals surface area contributed by atoms with E-state index < -0.39 is 0 Å². The number of nitrogens with zero attached hydrogens (tertiary/aromatic N) is 2. The minimum Gasteiger partial charge on any atom is -0.489 e. The summed E-state index contributed by atoms with van der Waals surface area (Å²) in [6.07, 6.45) is 9.81. The number of rotatable bonds is 4. The summed E-state index contributed by atoms with van der Waals surface area (Å²) in [6, 6.07) is 10.0. The van der Waals surface area contributed by atoms with Crippen molar-refractivity contribution in [3.8, 4) is 5.75 Å². The number of aromatic nitrogens is 2. The van der Waals surface area contributed by atoms with Crippen LogP contribution in [0.2, 0.25) is 5.02 Å². The molecule has 1 aliphatic rings.